The molecular formula is C12H19N. The van der Waals surface area contributed by atoms with Gasteiger partial charge in [-0.1, -0.05) is 31.6 Å². The van der Waals surface area contributed by atoms with Gasteiger partial charge in [-0.05, 0) is 32.1 Å². The van der Waals surface area contributed by atoms with Crippen molar-refractivity contribution in [1.82, 2.24) is 0 Å². The summed E-state index contributed by atoms with van der Waals surface area (Å²) in [5.41, 5.74) is 0. The van der Waals surface area contributed by atoms with E-state index in [1.54, 1.807) is 6.08 Å². The fraction of sp³-hybridized carbons (Fsp3) is 0.583. The van der Waals surface area contributed by atoms with Crippen molar-refractivity contribution in [2.24, 2.45) is 0 Å². The summed E-state index contributed by atoms with van der Waals surface area (Å²) in [7, 11) is 0. The Kier molecular flexibility index (Phi) is 10.1. The summed E-state index contributed by atoms with van der Waals surface area (Å²) < 4.78 is 0. The van der Waals surface area contributed by atoms with Crippen LogP contribution in [0.1, 0.15) is 45.4 Å². The summed E-state index contributed by atoms with van der Waals surface area (Å²) in [5.74, 6) is 0. The summed E-state index contributed by atoms with van der Waals surface area (Å²) in [4.78, 5) is 0. The van der Waals surface area contributed by atoms with E-state index in [0.717, 1.165) is 6.42 Å². The summed E-state index contributed by atoms with van der Waals surface area (Å²) in [6, 6.07) is 1.99. The third kappa shape index (κ3) is 11.0. The Hall–Kier alpha value is -1.03. The highest BCUT2D eigenvalue weighted by Crippen LogP contribution is 2.02. The summed E-state index contributed by atoms with van der Waals surface area (Å²) in [6.45, 7) is 2.19. The molecule has 0 radical (unpaired) electrons. The van der Waals surface area contributed by atoms with Crippen molar-refractivity contribution in [2.75, 3.05) is 0 Å². The van der Waals surface area contributed by atoms with Crippen LogP contribution in [0.15, 0.2) is 24.3 Å². The molecule has 0 unspecified atom stereocenters. The molecule has 0 aliphatic carbocycles. The van der Waals surface area contributed by atoms with E-state index in [-0.39, 0.29) is 0 Å². The van der Waals surface area contributed by atoms with Crippen LogP contribution in [0.25, 0.3) is 0 Å². The minimum absolute atomic E-state index is 1.04. The van der Waals surface area contributed by atoms with Crippen molar-refractivity contribution in [3.05, 3.63) is 24.3 Å². The quantitative estimate of drug-likeness (QED) is 0.328. The third-order valence-corrected chi connectivity index (χ3v) is 1.81. The first kappa shape index (κ1) is 12.0. The van der Waals surface area contributed by atoms with Crippen molar-refractivity contribution >= 4 is 0 Å². The summed E-state index contributed by atoms with van der Waals surface area (Å²) in [5, 5.41) is 8.22. The molecule has 0 spiro atoms. The van der Waals surface area contributed by atoms with E-state index < -0.39 is 0 Å². The van der Waals surface area contributed by atoms with Crippen molar-refractivity contribution in [1.29, 1.82) is 5.26 Å². The maximum Gasteiger partial charge on any atom is 0.0908 e. The van der Waals surface area contributed by atoms with Gasteiger partial charge in [0.25, 0.3) is 0 Å². The molecule has 0 amide bonds. The fourth-order valence-corrected chi connectivity index (χ4v) is 1.06. The maximum absolute atomic E-state index is 8.22. The molecular weight excluding hydrogens is 158 g/mol. The molecule has 0 aliphatic rings. The Morgan fingerprint density at radius 3 is 2.23 bits per heavy atom. The van der Waals surface area contributed by atoms with Crippen LogP contribution in [0.3, 0.4) is 0 Å². The Balaban J connectivity index is 3.08. The topological polar surface area (TPSA) is 23.8 Å². The van der Waals surface area contributed by atoms with E-state index in [4.69, 9.17) is 5.26 Å². The lowest BCUT2D eigenvalue weighted by Gasteiger charge is -1.92. The Morgan fingerprint density at radius 2 is 1.62 bits per heavy atom. The number of nitrogens with zero attached hydrogens (tertiary/aromatic N) is 1. The maximum atomic E-state index is 8.22. The molecule has 1 nitrogen and oxygen atoms in total. The highest BCUT2D eigenvalue weighted by Gasteiger charge is 1.82. The predicted octanol–water partition coefficient (Wildman–Crippen LogP) is 3.98. The van der Waals surface area contributed by atoms with Crippen LogP contribution in [0, 0.1) is 11.3 Å². The predicted molar refractivity (Wildman–Crippen MR) is 57.3 cm³/mol. The van der Waals surface area contributed by atoms with Crippen LogP contribution >= 0.6 is 0 Å². The molecule has 13 heavy (non-hydrogen) atoms. The van der Waals surface area contributed by atoms with Crippen LogP contribution < -0.4 is 0 Å². The van der Waals surface area contributed by atoms with Crippen LogP contribution in [0.4, 0.5) is 0 Å². The van der Waals surface area contributed by atoms with Gasteiger partial charge in [-0.2, -0.15) is 5.26 Å². The van der Waals surface area contributed by atoms with Gasteiger partial charge in [0.2, 0.25) is 0 Å². The van der Waals surface area contributed by atoms with Gasteiger partial charge in [-0.15, -0.1) is 0 Å². The normalized spacial score (nSPS) is 11.1. The zero-order valence-electron chi connectivity index (χ0n) is 8.50. The van der Waals surface area contributed by atoms with Gasteiger partial charge in [-0.3, -0.25) is 0 Å². The molecule has 0 fully saturated rings. The van der Waals surface area contributed by atoms with Gasteiger partial charge in [0.1, 0.15) is 0 Å². The molecule has 1 heteroatoms. The first-order valence-electron chi connectivity index (χ1n) is 5.11. The molecule has 0 aliphatic heterocycles. The van der Waals surface area contributed by atoms with Crippen molar-refractivity contribution < 1.29 is 0 Å². The minimum Gasteiger partial charge on any atom is -0.193 e. The van der Waals surface area contributed by atoms with Crippen molar-refractivity contribution in [3.63, 3.8) is 0 Å². The van der Waals surface area contributed by atoms with Crippen LogP contribution in [-0.4, -0.2) is 0 Å². The van der Waals surface area contributed by atoms with E-state index in [0.29, 0.717) is 0 Å². The number of unbranched alkanes of at least 4 members (excludes halogenated alkanes) is 4. The molecule has 0 heterocycles. The van der Waals surface area contributed by atoms with Crippen LogP contribution in [-0.2, 0) is 0 Å². The Labute approximate surface area is 81.8 Å². The zero-order chi connectivity index (χ0) is 9.78. The molecule has 0 atom stereocenters. The van der Waals surface area contributed by atoms with Gasteiger partial charge >= 0.3 is 0 Å². The second kappa shape index (κ2) is 11.0. The number of rotatable bonds is 7. The van der Waals surface area contributed by atoms with E-state index in [2.05, 4.69) is 19.1 Å². The molecule has 0 N–H and O–H groups in total. The SMILES string of the molecule is CCC/C=C/CCCC/C=C/C#N. The van der Waals surface area contributed by atoms with E-state index in [1.165, 1.54) is 32.1 Å². The van der Waals surface area contributed by atoms with Crippen molar-refractivity contribution in [3.8, 4) is 6.07 Å². The average molecular weight is 177 g/mol. The highest BCUT2D eigenvalue weighted by molar-refractivity contribution is 5.01. The smallest absolute Gasteiger partial charge is 0.0908 e. The second-order valence-electron chi connectivity index (χ2n) is 3.08. The van der Waals surface area contributed by atoms with Gasteiger partial charge < -0.3 is 0 Å². The van der Waals surface area contributed by atoms with Gasteiger partial charge in [0.05, 0.1) is 6.07 Å². The Bertz CT molecular complexity index is 184. The summed E-state index contributed by atoms with van der Waals surface area (Å²) >= 11 is 0. The molecule has 0 aromatic carbocycles. The largest absolute Gasteiger partial charge is 0.193 e. The van der Waals surface area contributed by atoms with Gasteiger partial charge in [0.15, 0.2) is 0 Å². The van der Waals surface area contributed by atoms with Crippen molar-refractivity contribution in [2.45, 2.75) is 45.4 Å². The molecule has 72 valence electrons. The lowest BCUT2D eigenvalue weighted by atomic mass is 10.1. The fourth-order valence-electron chi connectivity index (χ4n) is 1.06. The molecule has 0 aromatic rings. The van der Waals surface area contributed by atoms with Crippen LogP contribution in [0.2, 0.25) is 0 Å². The van der Waals surface area contributed by atoms with E-state index >= 15 is 0 Å². The second-order valence-corrected chi connectivity index (χ2v) is 3.08. The number of hydrogen-bond acceptors (Lipinski definition) is 1. The average Bonchev–Trinajstić information content (AvgIpc) is 2.16. The molecule has 0 bridgehead atoms. The van der Waals surface area contributed by atoms with E-state index in [1.807, 2.05) is 12.1 Å². The highest BCUT2D eigenvalue weighted by atomic mass is 14.2. The third-order valence-electron chi connectivity index (χ3n) is 1.81. The first-order valence-corrected chi connectivity index (χ1v) is 5.11. The van der Waals surface area contributed by atoms with Crippen LogP contribution in [0.5, 0.6) is 0 Å². The standard InChI is InChI=1S/C12H19N/c1-2-3-4-5-6-7-8-9-10-11-12-13/h4-5,10-11H,2-3,6-9H2,1H3/b5-4+,11-10+. The molecule has 0 rings (SSSR count). The number of hydrogen-bond donors (Lipinski definition) is 0. The zero-order valence-corrected chi connectivity index (χ0v) is 8.50. The first-order chi connectivity index (χ1) is 6.41. The summed E-state index contributed by atoms with van der Waals surface area (Å²) in [6.07, 6.45) is 15.1. The Morgan fingerprint density at radius 1 is 1.00 bits per heavy atom. The lowest BCUT2D eigenvalue weighted by Crippen LogP contribution is -1.72. The molecule has 0 aromatic heterocycles. The molecule has 0 saturated heterocycles. The molecule has 0 saturated carbocycles. The number of nitriles is 1. The van der Waals surface area contributed by atoms with Gasteiger partial charge in [-0.25, -0.2) is 0 Å². The number of allylic oxidation sites excluding steroid dienone is 4. The lowest BCUT2D eigenvalue weighted by molar-refractivity contribution is 0.760. The minimum atomic E-state index is 1.04. The van der Waals surface area contributed by atoms with E-state index in [9.17, 15) is 0 Å². The monoisotopic (exact) mass is 177 g/mol. The van der Waals surface area contributed by atoms with Gasteiger partial charge in [0, 0.05) is 6.08 Å².